The van der Waals surface area contributed by atoms with Gasteiger partial charge in [0.15, 0.2) is 0 Å². The normalized spacial score (nSPS) is 14.1. The molecule has 146 valence electrons. The quantitative estimate of drug-likeness (QED) is 0.684. The van der Waals surface area contributed by atoms with Gasteiger partial charge in [-0.25, -0.2) is 4.90 Å². The molecule has 7 heteroatoms. The molecule has 0 spiro atoms. The molecule has 0 unspecified atom stereocenters. The molecule has 3 rings (SSSR count). The molecule has 0 aliphatic carbocycles. The second kappa shape index (κ2) is 7.94. The number of benzene rings is 2. The van der Waals surface area contributed by atoms with E-state index in [-0.39, 0.29) is 22.4 Å². The van der Waals surface area contributed by atoms with E-state index in [2.05, 4.69) is 0 Å². The van der Waals surface area contributed by atoms with Crippen molar-refractivity contribution in [3.8, 4) is 17.2 Å². The van der Waals surface area contributed by atoms with E-state index in [1.165, 1.54) is 14.2 Å². The lowest BCUT2D eigenvalue weighted by Crippen LogP contribution is -2.31. The van der Waals surface area contributed by atoms with Crippen molar-refractivity contribution >= 4 is 34.7 Å². The first-order valence-corrected chi connectivity index (χ1v) is 9.02. The summed E-state index contributed by atoms with van der Waals surface area (Å²) in [6.45, 7) is 3.84. The summed E-state index contributed by atoms with van der Waals surface area (Å²) >= 11 is 6.26. The molecule has 0 aromatic heterocycles. The highest BCUT2D eigenvalue weighted by atomic mass is 35.5. The number of hydrogen-bond acceptors (Lipinski definition) is 5. The average Bonchev–Trinajstić information content (AvgIpc) is 2.90. The Morgan fingerprint density at radius 1 is 0.893 bits per heavy atom. The summed E-state index contributed by atoms with van der Waals surface area (Å²) in [6, 6.07) is 11.7. The van der Waals surface area contributed by atoms with Crippen LogP contribution >= 0.6 is 11.6 Å². The van der Waals surface area contributed by atoms with Crippen LogP contribution in [0.3, 0.4) is 0 Å². The SMILES string of the molecule is COc1ccc(OC)c(N2C(=O)C(Cl)=C(c3ccc(OC(C)C)cc3)C2=O)c1. The summed E-state index contributed by atoms with van der Waals surface area (Å²) in [4.78, 5) is 26.9. The summed E-state index contributed by atoms with van der Waals surface area (Å²) in [5, 5.41) is -0.146. The highest BCUT2D eigenvalue weighted by Gasteiger charge is 2.40. The third-order valence-corrected chi connectivity index (χ3v) is 4.52. The Kier molecular flexibility index (Phi) is 5.61. The van der Waals surface area contributed by atoms with Crippen LogP contribution in [0.25, 0.3) is 5.57 Å². The minimum atomic E-state index is -0.615. The summed E-state index contributed by atoms with van der Waals surface area (Å²) < 4.78 is 16.1. The third-order valence-electron chi connectivity index (χ3n) is 4.17. The smallest absolute Gasteiger partial charge is 0.277 e. The van der Waals surface area contributed by atoms with E-state index in [0.717, 1.165) is 4.90 Å². The number of nitrogens with zero attached hydrogens (tertiary/aromatic N) is 1. The summed E-state index contributed by atoms with van der Waals surface area (Å²) in [5.74, 6) is 0.360. The van der Waals surface area contributed by atoms with Gasteiger partial charge in [-0.2, -0.15) is 0 Å². The minimum absolute atomic E-state index is 0.0272. The maximum absolute atomic E-state index is 13.1. The molecule has 28 heavy (non-hydrogen) atoms. The Morgan fingerprint density at radius 3 is 2.11 bits per heavy atom. The molecule has 1 aliphatic rings. The fourth-order valence-electron chi connectivity index (χ4n) is 2.92. The number of imide groups is 1. The van der Waals surface area contributed by atoms with Gasteiger partial charge in [-0.05, 0) is 43.7 Å². The number of amides is 2. The van der Waals surface area contributed by atoms with Crippen molar-refractivity contribution in [2.75, 3.05) is 19.1 Å². The number of halogens is 1. The van der Waals surface area contributed by atoms with Crippen molar-refractivity contribution in [2.45, 2.75) is 20.0 Å². The van der Waals surface area contributed by atoms with Crippen molar-refractivity contribution in [3.63, 3.8) is 0 Å². The van der Waals surface area contributed by atoms with Crippen LogP contribution in [-0.2, 0) is 9.59 Å². The topological polar surface area (TPSA) is 65.1 Å². The Morgan fingerprint density at radius 2 is 1.54 bits per heavy atom. The molecule has 1 heterocycles. The van der Waals surface area contributed by atoms with Crippen LogP contribution in [0.2, 0.25) is 0 Å². The number of anilines is 1. The standard InChI is InChI=1S/C21H20ClNO5/c1-12(2)28-14-7-5-13(6-8-14)18-19(22)21(25)23(20(18)24)16-11-15(26-3)9-10-17(16)27-4/h5-12H,1-4H3. The van der Waals surface area contributed by atoms with Gasteiger partial charge in [0.1, 0.15) is 22.3 Å². The molecule has 2 aromatic carbocycles. The zero-order valence-corrected chi connectivity index (χ0v) is 16.7. The Labute approximate surface area is 168 Å². The Bertz CT molecular complexity index is 950. The minimum Gasteiger partial charge on any atom is -0.497 e. The third kappa shape index (κ3) is 3.55. The second-order valence-corrected chi connectivity index (χ2v) is 6.74. The molecule has 1 aliphatic heterocycles. The molecule has 2 aromatic rings. The van der Waals surface area contributed by atoms with Crippen molar-refractivity contribution in [1.29, 1.82) is 0 Å². The lowest BCUT2D eigenvalue weighted by atomic mass is 10.1. The molecule has 6 nitrogen and oxygen atoms in total. The molecule has 0 radical (unpaired) electrons. The maximum atomic E-state index is 13.1. The number of carbonyl (C=O) groups is 2. The zero-order valence-electron chi connectivity index (χ0n) is 16.0. The van der Waals surface area contributed by atoms with Crippen molar-refractivity contribution in [1.82, 2.24) is 0 Å². The van der Waals surface area contributed by atoms with Gasteiger partial charge >= 0.3 is 0 Å². The first-order chi connectivity index (χ1) is 13.4. The van der Waals surface area contributed by atoms with Crippen molar-refractivity contribution in [2.24, 2.45) is 0 Å². The number of carbonyl (C=O) groups excluding carboxylic acids is 2. The molecule has 0 fully saturated rings. The first kappa shape index (κ1) is 19.8. The largest absolute Gasteiger partial charge is 0.497 e. The lowest BCUT2D eigenvalue weighted by molar-refractivity contribution is -0.119. The van der Waals surface area contributed by atoms with Crippen LogP contribution in [0.4, 0.5) is 5.69 Å². The van der Waals surface area contributed by atoms with Gasteiger partial charge in [0.05, 0.1) is 31.6 Å². The predicted octanol–water partition coefficient (Wildman–Crippen LogP) is 4.01. The van der Waals surface area contributed by atoms with Gasteiger partial charge in [0.25, 0.3) is 11.8 Å². The van der Waals surface area contributed by atoms with E-state index in [4.69, 9.17) is 25.8 Å². The van der Waals surface area contributed by atoms with Crippen LogP contribution in [0.5, 0.6) is 17.2 Å². The molecular formula is C21H20ClNO5. The van der Waals surface area contributed by atoms with Gasteiger partial charge in [-0.1, -0.05) is 23.7 Å². The number of ether oxygens (including phenoxy) is 3. The average molecular weight is 402 g/mol. The molecule has 0 saturated carbocycles. The van der Waals surface area contributed by atoms with E-state index in [0.29, 0.717) is 22.8 Å². The first-order valence-electron chi connectivity index (χ1n) is 8.65. The Hall–Kier alpha value is -2.99. The van der Waals surface area contributed by atoms with Crippen LogP contribution < -0.4 is 19.1 Å². The van der Waals surface area contributed by atoms with E-state index in [1.54, 1.807) is 42.5 Å². The van der Waals surface area contributed by atoms with Gasteiger partial charge in [-0.3, -0.25) is 9.59 Å². The zero-order chi connectivity index (χ0) is 20.4. The molecule has 0 bridgehead atoms. The number of hydrogen-bond donors (Lipinski definition) is 0. The molecule has 0 saturated heterocycles. The van der Waals surface area contributed by atoms with Crippen LogP contribution in [0, 0.1) is 0 Å². The van der Waals surface area contributed by atoms with Gasteiger partial charge in [-0.15, -0.1) is 0 Å². The second-order valence-electron chi connectivity index (χ2n) is 6.36. The van der Waals surface area contributed by atoms with Crippen molar-refractivity contribution < 1.29 is 23.8 Å². The van der Waals surface area contributed by atoms with Gasteiger partial charge in [0, 0.05) is 6.07 Å². The van der Waals surface area contributed by atoms with E-state index < -0.39 is 11.8 Å². The molecular weight excluding hydrogens is 382 g/mol. The van der Waals surface area contributed by atoms with Gasteiger partial charge in [0.2, 0.25) is 0 Å². The highest BCUT2D eigenvalue weighted by molar-refractivity contribution is 6.60. The molecule has 2 amide bonds. The summed E-state index contributed by atoms with van der Waals surface area (Å²) in [5.41, 5.74) is 0.932. The summed E-state index contributed by atoms with van der Waals surface area (Å²) in [6.07, 6.45) is 0.0272. The fourth-order valence-corrected chi connectivity index (χ4v) is 3.19. The van der Waals surface area contributed by atoms with E-state index >= 15 is 0 Å². The fraction of sp³-hybridized carbons (Fsp3) is 0.238. The molecule has 0 atom stereocenters. The van der Waals surface area contributed by atoms with E-state index in [1.807, 2.05) is 13.8 Å². The maximum Gasteiger partial charge on any atom is 0.277 e. The van der Waals surface area contributed by atoms with Crippen LogP contribution in [-0.4, -0.2) is 32.1 Å². The Balaban J connectivity index is 1.99. The monoisotopic (exact) mass is 401 g/mol. The highest BCUT2D eigenvalue weighted by Crippen LogP contribution is 2.40. The summed E-state index contributed by atoms with van der Waals surface area (Å²) in [7, 11) is 2.95. The van der Waals surface area contributed by atoms with Crippen molar-refractivity contribution in [3.05, 3.63) is 53.1 Å². The number of rotatable bonds is 6. The number of methoxy groups -OCH3 is 2. The predicted molar refractivity (Wildman–Crippen MR) is 107 cm³/mol. The van der Waals surface area contributed by atoms with Gasteiger partial charge < -0.3 is 14.2 Å². The lowest BCUT2D eigenvalue weighted by Gasteiger charge is -2.19. The van der Waals surface area contributed by atoms with Crippen LogP contribution in [0.15, 0.2) is 47.5 Å². The van der Waals surface area contributed by atoms with E-state index in [9.17, 15) is 9.59 Å². The van der Waals surface area contributed by atoms with Crippen LogP contribution in [0.1, 0.15) is 19.4 Å². The molecule has 0 N–H and O–H groups in total.